The first kappa shape index (κ1) is 11.9. The molecule has 1 amide bonds. The SMILES string of the molecule is NC1(C(=O)N[C@@H]2CCCC[C@H]2O)CCCC1. The predicted octanol–water partition coefficient (Wildman–Crippen LogP) is 0.678. The fourth-order valence-corrected chi connectivity index (χ4v) is 2.82. The van der Waals surface area contributed by atoms with Gasteiger partial charge in [0.15, 0.2) is 0 Å². The van der Waals surface area contributed by atoms with Gasteiger partial charge >= 0.3 is 0 Å². The van der Waals surface area contributed by atoms with Crippen LogP contribution in [-0.4, -0.2) is 28.7 Å². The van der Waals surface area contributed by atoms with Crippen molar-refractivity contribution in [2.24, 2.45) is 5.73 Å². The normalized spacial score (nSPS) is 33.6. The zero-order valence-corrected chi connectivity index (χ0v) is 9.74. The highest BCUT2D eigenvalue weighted by atomic mass is 16.3. The summed E-state index contributed by atoms with van der Waals surface area (Å²) in [6.07, 6.45) is 7.06. The molecule has 92 valence electrons. The van der Waals surface area contributed by atoms with Crippen molar-refractivity contribution in [3.05, 3.63) is 0 Å². The average Bonchev–Trinajstić information content (AvgIpc) is 2.70. The summed E-state index contributed by atoms with van der Waals surface area (Å²) in [5.41, 5.74) is 5.40. The summed E-state index contributed by atoms with van der Waals surface area (Å²) in [7, 11) is 0. The van der Waals surface area contributed by atoms with Crippen LogP contribution in [-0.2, 0) is 4.79 Å². The van der Waals surface area contributed by atoms with Crippen LogP contribution in [0.1, 0.15) is 51.4 Å². The molecule has 0 saturated heterocycles. The van der Waals surface area contributed by atoms with E-state index in [-0.39, 0.29) is 18.1 Å². The van der Waals surface area contributed by atoms with E-state index < -0.39 is 5.54 Å². The number of amides is 1. The minimum Gasteiger partial charge on any atom is -0.391 e. The highest BCUT2D eigenvalue weighted by molar-refractivity contribution is 5.86. The van der Waals surface area contributed by atoms with Crippen molar-refractivity contribution in [1.82, 2.24) is 5.32 Å². The second-order valence-corrected chi connectivity index (χ2v) is 5.30. The molecule has 0 aromatic rings. The average molecular weight is 226 g/mol. The Morgan fingerprint density at radius 2 is 1.81 bits per heavy atom. The Morgan fingerprint density at radius 1 is 1.19 bits per heavy atom. The predicted molar refractivity (Wildman–Crippen MR) is 61.8 cm³/mol. The number of aliphatic hydroxyl groups excluding tert-OH is 1. The van der Waals surface area contributed by atoms with E-state index in [1.807, 2.05) is 0 Å². The third kappa shape index (κ3) is 2.38. The number of carbonyl (C=O) groups excluding carboxylic acids is 1. The van der Waals surface area contributed by atoms with Crippen LogP contribution in [0.2, 0.25) is 0 Å². The molecule has 0 bridgehead atoms. The second kappa shape index (κ2) is 4.72. The molecule has 16 heavy (non-hydrogen) atoms. The highest BCUT2D eigenvalue weighted by Gasteiger charge is 2.38. The summed E-state index contributed by atoms with van der Waals surface area (Å²) in [5.74, 6) is -0.0593. The Kier molecular flexibility index (Phi) is 3.50. The maximum Gasteiger partial charge on any atom is 0.240 e. The lowest BCUT2D eigenvalue weighted by atomic mass is 9.90. The van der Waals surface area contributed by atoms with Gasteiger partial charge < -0.3 is 16.2 Å². The Balaban J connectivity index is 1.90. The lowest BCUT2D eigenvalue weighted by molar-refractivity contribution is -0.128. The fourth-order valence-electron chi connectivity index (χ4n) is 2.82. The Bertz CT molecular complexity index is 262. The minimum absolute atomic E-state index is 0.0593. The minimum atomic E-state index is -0.669. The lowest BCUT2D eigenvalue weighted by Crippen LogP contribution is -2.57. The van der Waals surface area contributed by atoms with Crippen LogP contribution < -0.4 is 11.1 Å². The molecule has 0 aromatic carbocycles. The molecule has 2 fully saturated rings. The van der Waals surface area contributed by atoms with E-state index >= 15 is 0 Å². The molecule has 2 atom stereocenters. The first-order valence-corrected chi connectivity index (χ1v) is 6.40. The van der Waals surface area contributed by atoms with E-state index in [1.54, 1.807) is 0 Å². The van der Waals surface area contributed by atoms with E-state index in [4.69, 9.17) is 5.73 Å². The molecule has 2 aliphatic rings. The number of nitrogens with two attached hydrogens (primary N) is 1. The van der Waals surface area contributed by atoms with Crippen molar-refractivity contribution in [1.29, 1.82) is 0 Å². The van der Waals surface area contributed by atoms with Crippen LogP contribution in [0, 0.1) is 0 Å². The smallest absolute Gasteiger partial charge is 0.240 e. The van der Waals surface area contributed by atoms with Crippen molar-refractivity contribution >= 4 is 5.91 Å². The van der Waals surface area contributed by atoms with Crippen LogP contribution >= 0.6 is 0 Å². The van der Waals surface area contributed by atoms with Crippen LogP contribution in [0.5, 0.6) is 0 Å². The summed E-state index contributed by atoms with van der Waals surface area (Å²) in [4.78, 5) is 12.0. The maximum absolute atomic E-state index is 12.0. The number of rotatable bonds is 2. The van der Waals surface area contributed by atoms with Gasteiger partial charge in [-0.05, 0) is 25.7 Å². The van der Waals surface area contributed by atoms with Gasteiger partial charge in [0.1, 0.15) is 0 Å². The topological polar surface area (TPSA) is 75.4 Å². The second-order valence-electron chi connectivity index (χ2n) is 5.30. The Labute approximate surface area is 96.6 Å². The van der Waals surface area contributed by atoms with E-state index in [1.165, 1.54) is 0 Å². The number of hydrogen-bond acceptors (Lipinski definition) is 3. The highest BCUT2D eigenvalue weighted by Crippen LogP contribution is 2.28. The maximum atomic E-state index is 12.0. The van der Waals surface area contributed by atoms with Gasteiger partial charge in [-0.15, -0.1) is 0 Å². The number of hydrogen-bond donors (Lipinski definition) is 3. The number of carbonyl (C=O) groups is 1. The summed E-state index contributed by atoms with van der Waals surface area (Å²) in [5, 5.41) is 12.7. The molecular weight excluding hydrogens is 204 g/mol. The van der Waals surface area contributed by atoms with Crippen molar-refractivity contribution in [3.8, 4) is 0 Å². The van der Waals surface area contributed by atoms with E-state index in [0.717, 1.165) is 51.4 Å². The van der Waals surface area contributed by atoms with E-state index in [9.17, 15) is 9.90 Å². The van der Waals surface area contributed by atoms with Gasteiger partial charge in [-0.2, -0.15) is 0 Å². The molecule has 4 nitrogen and oxygen atoms in total. The van der Waals surface area contributed by atoms with Crippen LogP contribution in [0.25, 0.3) is 0 Å². The molecule has 0 aliphatic heterocycles. The van der Waals surface area contributed by atoms with Crippen molar-refractivity contribution < 1.29 is 9.90 Å². The number of nitrogens with one attached hydrogen (secondary N) is 1. The molecule has 2 rings (SSSR count). The summed E-state index contributed by atoms with van der Waals surface area (Å²) < 4.78 is 0. The van der Waals surface area contributed by atoms with Crippen molar-refractivity contribution in [2.75, 3.05) is 0 Å². The molecule has 0 heterocycles. The molecule has 0 unspecified atom stereocenters. The summed E-state index contributed by atoms with van der Waals surface area (Å²) in [6, 6.07) is -0.0812. The molecule has 0 radical (unpaired) electrons. The van der Waals surface area contributed by atoms with Gasteiger partial charge in [0.2, 0.25) is 5.91 Å². The van der Waals surface area contributed by atoms with Crippen LogP contribution in [0.15, 0.2) is 0 Å². The van der Waals surface area contributed by atoms with Gasteiger partial charge in [0, 0.05) is 0 Å². The van der Waals surface area contributed by atoms with E-state index in [0.29, 0.717) is 0 Å². The van der Waals surface area contributed by atoms with Gasteiger partial charge in [0.05, 0.1) is 17.7 Å². The standard InChI is InChI=1S/C12H22N2O2/c13-12(7-3-4-8-12)11(16)14-9-5-1-2-6-10(9)15/h9-10,15H,1-8,13H2,(H,14,16)/t9-,10-/m1/s1. The monoisotopic (exact) mass is 226 g/mol. The zero-order chi connectivity index (χ0) is 11.6. The third-order valence-electron chi connectivity index (χ3n) is 3.99. The first-order valence-electron chi connectivity index (χ1n) is 6.40. The Morgan fingerprint density at radius 3 is 2.44 bits per heavy atom. The summed E-state index contributed by atoms with van der Waals surface area (Å²) >= 11 is 0. The van der Waals surface area contributed by atoms with Crippen molar-refractivity contribution in [3.63, 3.8) is 0 Å². The first-order chi connectivity index (χ1) is 7.62. The molecule has 2 saturated carbocycles. The van der Waals surface area contributed by atoms with E-state index in [2.05, 4.69) is 5.32 Å². The Hall–Kier alpha value is -0.610. The lowest BCUT2D eigenvalue weighted by Gasteiger charge is -2.32. The van der Waals surface area contributed by atoms with Crippen molar-refractivity contribution in [2.45, 2.75) is 69.1 Å². The molecule has 4 heteroatoms. The molecule has 2 aliphatic carbocycles. The molecular formula is C12H22N2O2. The largest absolute Gasteiger partial charge is 0.391 e. The molecule has 0 spiro atoms. The van der Waals surface area contributed by atoms with Gasteiger partial charge in [-0.1, -0.05) is 25.7 Å². The molecule has 4 N–H and O–H groups in total. The van der Waals surface area contributed by atoms with Gasteiger partial charge in [0.25, 0.3) is 0 Å². The zero-order valence-electron chi connectivity index (χ0n) is 9.74. The fraction of sp³-hybridized carbons (Fsp3) is 0.917. The van der Waals surface area contributed by atoms with Crippen LogP contribution in [0.3, 0.4) is 0 Å². The third-order valence-corrected chi connectivity index (χ3v) is 3.99. The van der Waals surface area contributed by atoms with Crippen LogP contribution in [0.4, 0.5) is 0 Å². The quantitative estimate of drug-likeness (QED) is 0.648. The molecule has 0 aromatic heterocycles. The van der Waals surface area contributed by atoms with Gasteiger partial charge in [-0.3, -0.25) is 4.79 Å². The van der Waals surface area contributed by atoms with Gasteiger partial charge in [-0.25, -0.2) is 0 Å². The number of aliphatic hydroxyl groups is 1. The summed E-state index contributed by atoms with van der Waals surface area (Å²) in [6.45, 7) is 0.